The predicted octanol–water partition coefficient (Wildman–Crippen LogP) is 2.91. The summed E-state index contributed by atoms with van der Waals surface area (Å²) in [5.41, 5.74) is 7.95. The van der Waals surface area contributed by atoms with Crippen molar-refractivity contribution < 1.29 is 4.39 Å². The Morgan fingerprint density at radius 3 is 2.39 bits per heavy atom. The summed E-state index contributed by atoms with van der Waals surface area (Å²) in [4.78, 5) is 2.40. The van der Waals surface area contributed by atoms with Crippen LogP contribution in [0.25, 0.3) is 0 Å². The van der Waals surface area contributed by atoms with Gasteiger partial charge in [0.1, 0.15) is 5.82 Å². The average molecular weight is 250 g/mol. The number of hydrogen-bond acceptors (Lipinski definition) is 2. The summed E-state index contributed by atoms with van der Waals surface area (Å²) < 4.78 is 13.4. The molecule has 0 radical (unpaired) electrons. The monoisotopic (exact) mass is 250 g/mol. The fourth-order valence-electron chi connectivity index (χ4n) is 2.50. The lowest BCUT2D eigenvalue weighted by atomic mass is 9.82. The molecular formula is C15H23FN2. The molecule has 0 amide bonds. The normalized spacial score (nSPS) is 20.0. The van der Waals surface area contributed by atoms with Crippen molar-refractivity contribution in [2.75, 3.05) is 13.1 Å². The number of benzene rings is 1. The van der Waals surface area contributed by atoms with Crippen LogP contribution in [0.4, 0.5) is 4.39 Å². The van der Waals surface area contributed by atoms with Crippen molar-refractivity contribution in [3.05, 3.63) is 35.1 Å². The third kappa shape index (κ3) is 3.53. The van der Waals surface area contributed by atoms with E-state index in [4.69, 9.17) is 5.73 Å². The highest BCUT2D eigenvalue weighted by Crippen LogP contribution is 2.30. The molecule has 1 saturated heterocycles. The van der Waals surface area contributed by atoms with Gasteiger partial charge in [-0.3, -0.25) is 4.90 Å². The largest absolute Gasteiger partial charge is 0.326 e. The lowest BCUT2D eigenvalue weighted by Gasteiger charge is -2.37. The summed E-state index contributed by atoms with van der Waals surface area (Å²) in [5.74, 6) is -0.176. The van der Waals surface area contributed by atoms with E-state index >= 15 is 0 Å². The van der Waals surface area contributed by atoms with E-state index in [2.05, 4.69) is 18.7 Å². The minimum atomic E-state index is -0.176. The molecule has 1 aromatic carbocycles. The second kappa shape index (κ2) is 5.37. The molecule has 0 aliphatic carbocycles. The maximum Gasteiger partial charge on any atom is 0.123 e. The highest BCUT2D eigenvalue weighted by molar-refractivity contribution is 5.24. The first-order chi connectivity index (χ1) is 8.48. The van der Waals surface area contributed by atoms with Gasteiger partial charge in [0.2, 0.25) is 0 Å². The Bertz CT molecular complexity index is 405. The van der Waals surface area contributed by atoms with Crippen molar-refractivity contribution >= 4 is 0 Å². The summed E-state index contributed by atoms with van der Waals surface area (Å²) in [6.07, 6.45) is 2.43. The van der Waals surface area contributed by atoms with Gasteiger partial charge >= 0.3 is 0 Å². The van der Waals surface area contributed by atoms with Gasteiger partial charge < -0.3 is 5.73 Å². The average Bonchev–Trinajstić information content (AvgIpc) is 2.31. The molecule has 0 bridgehead atoms. The fraction of sp³-hybridized carbons (Fsp3) is 0.600. The molecule has 0 unspecified atom stereocenters. The molecule has 18 heavy (non-hydrogen) atoms. The van der Waals surface area contributed by atoms with E-state index in [0.29, 0.717) is 12.0 Å². The maximum atomic E-state index is 13.4. The van der Waals surface area contributed by atoms with Gasteiger partial charge in [0.15, 0.2) is 0 Å². The van der Waals surface area contributed by atoms with Gasteiger partial charge in [-0.05, 0) is 54.6 Å². The summed E-state index contributed by atoms with van der Waals surface area (Å²) in [6, 6.07) is 5.16. The van der Waals surface area contributed by atoms with Gasteiger partial charge in [-0.15, -0.1) is 0 Å². The molecule has 1 aliphatic rings. The molecule has 1 fully saturated rings. The Labute approximate surface area is 109 Å². The van der Waals surface area contributed by atoms with Crippen molar-refractivity contribution in [3.8, 4) is 0 Å². The number of halogens is 1. The van der Waals surface area contributed by atoms with E-state index in [9.17, 15) is 4.39 Å². The molecule has 1 aromatic rings. The third-order valence-electron chi connectivity index (χ3n) is 3.87. The van der Waals surface area contributed by atoms with Crippen molar-refractivity contribution in [2.45, 2.75) is 39.8 Å². The Morgan fingerprint density at radius 2 is 1.78 bits per heavy atom. The second-order valence-corrected chi connectivity index (χ2v) is 6.11. The highest BCUT2D eigenvalue weighted by Gasteiger charge is 2.25. The smallest absolute Gasteiger partial charge is 0.123 e. The molecule has 0 atom stereocenters. The summed E-state index contributed by atoms with van der Waals surface area (Å²) in [6.45, 7) is 8.07. The quantitative estimate of drug-likeness (QED) is 0.893. The van der Waals surface area contributed by atoms with E-state index in [0.717, 1.165) is 30.8 Å². The van der Waals surface area contributed by atoms with Gasteiger partial charge in [0.05, 0.1) is 0 Å². The minimum Gasteiger partial charge on any atom is -0.326 e. The molecule has 0 aromatic heterocycles. The summed E-state index contributed by atoms with van der Waals surface area (Å²) >= 11 is 0. The second-order valence-electron chi connectivity index (χ2n) is 6.11. The predicted molar refractivity (Wildman–Crippen MR) is 72.6 cm³/mol. The topological polar surface area (TPSA) is 29.3 Å². The van der Waals surface area contributed by atoms with E-state index in [1.165, 1.54) is 18.9 Å². The molecular weight excluding hydrogens is 227 g/mol. The van der Waals surface area contributed by atoms with E-state index < -0.39 is 0 Å². The number of hydrogen-bond donors (Lipinski definition) is 1. The minimum absolute atomic E-state index is 0.176. The number of piperidine rings is 1. The van der Waals surface area contributed by atoms with E-state index in [-0.39, 0.29) is 5.82 Å². The highest BCUT2D eigenvalue weighted by atomic mass is 19.1. The Kier molecular flexibility index (Phi) is 4.03. The van der Waals surface area contributed by atoms with Crippen molar-refractivity contribution in [1.82, 2.24) is 4.90 Å². The van der Waals surface area contributed by atoms with Crippen LogP contribution in [0.15, 0.2) is 18.2 Å². The number of nitrogens with zero attached hydrogens (tertiary/aromatic N) is 1. The van der Waals surface area contributed by atoms with Gasteiger partial charge in [-0.25, -0.2) is 4.39 Å². The Hall–Kier alpha value is -0.930. The lowest BCUT2D eigenvalue weighted by Crippen LogP contribution is -2.36. The zero-order chi connectivity index (χ0) is 13.2. The molecule has 2 rings (SSSR count). The van der Waals surface area contributed by atoms with Gasteiger partial charge in [0.25, 0.3) is 0 Å². The van der Waals surface area contributed by atoms with Crippen LogP contribution in [0.2, 0.25) is 0 Å². The zero-order valence-electron chi connectivity index (χ0n) is 11.4. The zero-order valence-corrected chi connectivity index (χ0v) is 11.4. The maximum absolute atomic E-state index is 13.4. The van der Waals surface area contributed by atoms with Crippen LogP contribution in [0.5, 0.6) is 0 Å². The van der Waals surface area contributed by atoms with Crippen LogP contribution in [0, 0.1) is 11.2 Å². The number of likely N-dealkylation sites (tertiary alicyclic amines) is 1. The van der Waals surface area contributed by atoms with Crippen LogP contribution in [0.3, 0.4) is 0 Å². The summed E-state index contributed by atoms with van der Waals surface area (Å²) in [5, 5.41) is 0. The van der Waals surface area contributed by atoms with Crippen molar-refractivity contribution in [1.29, 1.82) is 0 Å². The van der Waals surface area contributed by atoms with Crippen LogP contribution >= 0.6 is 0 Å². The molecule has 3 heteroatoms. The van der Waals surface area contributed by atoms with E-state index in [1.54, 1.807) is 6.07 Å². The standard InChI is InChI=1S/C15H23FN2/c1-15(2)3-5-18(6-4-15)11-13-7-12(10-17)8-14(16)9-13/h7-9H,3-6,10-11,17H2,1-2H3. The number of nitrogens with two attached hydrogens (primary N) is 1. The van der Waals surface area contributed by atoms with Crippen LogP contribution in [0.1, 0.15) is 37.8 Å². The van der Waals surface area contributed by atoms with E-state index in [1.807, 2.05) is 6.07 Å². The molecule has 100 valence electrons. The first-order valence-corrected chi connectivity index (χ1v) is 6.69. The van der Waals surface area contributed by atoms with Crippen LogP contribution in [-0.2, 0) is 13.1 Å². The fourth-order valence-corrected chi connectivity index (χ4v) is 2.50. The molecule has 2 N–H and O–H groups in total. The van der Waals surface area contributed by atoms with Gasteiger partial charge in [0, 0.05) is 13.1 Å². The van der Waals surface area contributed by atoms with Gasteiger partial charge in [-0.2, -0.15) is 0 Å². The first-order valence-electron chi connectivity index (χ1n) is 6.69. The number of rotatable bonds is 3. The molecule has 2 nitrogen and oxygen atoms in total. The SMILES string of the molecule is CC1(C)CCN(Cc2cc(F)cc(CN)c2)CC1. The van der Waals surface area contributed by atoms with Crippen LogP contribution < -0.4 is 5.73 Å². The van der Waals surface area contributed by atoms with Crippen molar-refractivity contribution in [2.24, 2.45) is 11.1 Å². The molecule has 1 aliphatic heterocycles. The van der Waals surface area contributed by atoms with Gasteiger partial charge in [-0.1, -0.05) is 19.9 Å². The molecule has 0 saturated carbocycles. The third-order valence-corrected chi connectivity index (χ3v) is 3.87. The molecule has 1 heterocycles. The first kappa shape index (κ1) is 13.5. The van der Waals surface area contributed by atoms with Crippen molar-refractivity contribution in [3.63, 3.8) is 0 Å². The molecule has 0 spiro atoms. The lowest BCUT2D eigenvalue weighted by molar-refractivity contribution is 0.127. The Balaban J connectivity index is 2.00. The Morgan fingerprint density at radius 1 is 1.17 bits per heavy atom. The van der Waals surface area contributed by atoms with Crippen LogP contribution in [-0.4, -0.2) is 18.0 Å². The summed E-state index contributed by atoms with van der Waals surface area (Å²) in [7, 11) is 0.